The molecule has 1 heterocycles. The first-order valence-electron chi connectivity index (χ1n) is 10.4. The molecule has 0 spiro atoms. The molecule has 13 nitrogen and oxygen atoms in total. The summed E-state index contributed by atoms with van der Waals surface area (Å²) in [4.78, 5) is 31.1. The minimum atomic E-state index is -5.34. The van der Waals surface area contributed by atoms with E-state index in [2.05, 4.69) is 15.7 Å². The largest absolute Gasteiger partial charge is 0.483 e. The van der Waals surface area contributed by atoms with Crippen LogP contribution in [0.1, 0.15) is 47.0 Å². The number of ether oxygens (including phenoxy) is 1. The number of carbonyl (C=O) groups excluding carboxylic acids is 1. The van der Waals surface area contributed by atoms with E-state index in [4.69, 9.17) is 13.8 Å². The van der Waals surface area contributed by atoms with Gasteiger partial charge < -0.3 is 35.2 Å². The molecule has 0 bridgehead atoms. The number of aliphatic hydroxyl groups is 3. The number of hydrogen-bond acceptors (Lipinski definition) is 10. The number of nitrogens with one attached hydrogen (secondary N) is 1. The van der Waals surface area contributed by atoms with Gasteiger partial charge >= 0.3 is 15.6 Å². The van der Waals surface area contributed by atoms with E-state index >= 15 is 0 Å². The lowest BCUT2D eigenvalue weighted by Crippen LogP contribution is -2.64. The molecule has 33 heavy (non-hydrogen) atoms. The maximum atomic E-state index is 12.3. The van der Waals surface area contributed by atoms with Gasteiger partial charge in [0.05, 0.1) is 13.2 Å². The average molecular weight is 519 g/mol. The van der Waals surface area contributed by atoms with Gasteiger partial charge in [-0.1, -0.05) is 18.6 Å². The van der Waals surface area contributed by atoms with Gasteiger partial charge in [-0.3, -0.25) is 13.8 Å². The molecular weight excluding hydrogens is 484 g/mol. The summed E-state index contributed by atoms with van der Waals surface area (Å²) in [5.74, 6) is -0.551. The van der Waals surface area contributed by atoms with Crippen LogP contribution in [-0.4, -0.2) is 74.9 Å². The highest BCUT2D eigenvalue weighted by Gasteiger charge is 2.49. The molecule has 6 N–H and O–H groups in total. The molecule has 8 atom stereocenters. The number of hydrogen-bond donors (Lipinski definition) is 6. The Morgan fingerprint density at radius 1 is 1.12 bits per heavy atom. The summed E-state index contributed by atoms with van der Waals surface area (Å²) in [6.45, 7) is 5.92. The van der Waals surface area contributed by atoms with E-state index < -0.39 is 58.8 Å². The molecule has 0 aliphatic carbocycles. The Hall–Kier alpha value is -0.690. The highest BCUT2D eigenvalue weighted by atomic mass is 31.3. The van der Waals surface area contributed by atoms with Crippen molar-refractivity contribution in [3.05, 3.63) is 11.6 Å². The zero-order valence-corrected chi connectivity index (χ0v) is 20.9. The lowest BCUT2D eigenvalue weighted by molar-refractivity contribution is -0.247. The van der Waals surface area contributed by atoms with Crippen molar-refractivity contribution in [2.24, 2.45) is 5.92 Å². The van der Waals surface area contributed by atoms with Gasteiger partial charge in [0, 0.05) is 6.92 Å². The second-order valence-electron chi connectivity index (χ2n) is 8.14. The Bertz CT molecular complexity index is 759. The smallest absolute Gasteiger partial charge is 0.394 e. The molecule has 15 heteroatoms. The molecule has 1 amide bonds. The third-order valence-corrected chi connectivity index (χ3v) is 7.41. The second-order valence-corrected chi connectivity index (χ2v) is 11.1. The summed E-state index contributed by atoms with van der Waals surface area (Å²) in [7, 11) is -10.4. The molecule has 0 aromatic heterocycles. The van der Waals surface area contributed by atoms with E-state index in [1.54, 1.807) is 0 Å². The van der Waals surface area contributed by atoms with Crippen LogP contribution in [0.5, 0.6) is 0 Å². The van der Waals surface area contributed by atoms with Crippen molar-refractivity contribution in [1.29, 1.82) is 0 Å². The fourth-order valence-electron chi connectivity index (χ4n) is 3.03. The van der Waals surface area contributed by atoms with E-state index in [1.165, 1.54) is 5.57 Å². The Kier molecular flexibility index (Phi) is 12.3. The Morgan fingerprint density at radius 3 is 2.30 bits per heavy atom. The van der Waals surface area contributed by atoms with Crippen molar-refractivity contribution in [1.82, 2.24) is 5.32 Å². The molecule has 1 rings (SSSR count). The minimum Gasteiger partial charge on any atom is -0.394 e. The fourth-order valence-corrected chi connectivity index (χ4v) is 5.20. The van der Waals surface area contributed by atoms with Gasteiger partial charge in [0.1, 0.15) is 24.4 Å². The number of aliphatic hydroxyl groups excluding tert-OH is 3. The monoisotopic (exact) mass is 519 g/mol. The van der Waals surface area contributed by atoms with Crippen LogP contribution in [0.4, 0.5) is 0 Å². The molecule has 0 aromatic carbocycles. The lowest BCUT2D eigenvalue weighted by Gasteiger charge is -2.42. The van der Waals surface area contributed by atoms with Crippen LogP contribution in [0.25, 0.3) is 0 Å². The van der Waals surface area contributed by atoms with Gasteiger partial charge in [-0.25, -0.2) is 9.13 Å². The first-order valence-corrected chi connectivity index (χ1v) is 13.4. The van der Waals surface area contributed by atoms with Gasteiger partial charge in [0.2, 0.25) is 5.91 Å². The summed E-state index contributed by atoms with van der Waals surface area (Å²) in [6, 6.07) is -1.55. The van der Waals surface area contributed by atoms with Gasteiger partial charge in [-0.15, -0.1) is 0 Å². The number of amides is 1. The van der Waals surface area contributed by atoms with Crippen LogP contribution in [-0.2, 0) is 32.0 Å². The maximum Gasteiger partial charge on any atom is 0.483 e. The summed E-state index contributed by atoms with van der Waals surface area (Å²) in [6.07, 6.45) is -2.64. The molecule has 1 fully saturated rings. The quantitative estimate of drug-likeness (QED) is 0.149. The summed E-state index contributed by atoms with van der Waals surface area (Å²) < 4.78 is 43.3. The van der Waals surface area contributed by atoms with Gasteiger partial charge in [-0.05, 0) is 39.0 Å². The van der Waals surface area contributed by atoms with Crippen LogP contribution in [0.15, 0.2) is 11.6 Å². The zero-order valence-electron chi connectivity index (χ0n) is 19.1. The van der Waals surface area contributed by atoms with Crippen LogP contribution >= 0.6 is 15.6 Å². The third-order valence-electron chi connectivity index (χ3n) is 4.77. The van der Waals surface area contributed by atoms with Gasteiger partial charge in [0.15, 0.2) is 6.29 Å². The van der Waals surface area contributed by atoms with Crippen LogP contribution in [0, 0.1) is 5.92 Å². The number of rotatable bonds is 13. The number of allylic oxidation sites excluding steroid dienone is 2. The molecule has 3 unspecified atom stereocenters. The Balaban J connectivity index is 2.71. The number of phosphoric ester groups is 2. The first-order chi connectivity index (χ1) is 15.2. The molecule has 1 aliphatic rings. The molecule has 0 saturated carbocycles. The van der Waals surface area contributed by atoms with Crippen molar-refractivity contribution >= 4 is 21.6 Å². The molecule has 0 radical (unpaired) electrons. The fraction of sp³-hybridized carbons (Fsp3) is 0.833. The van der Waals surface area contributed by atoms with Crippen molar-refractivity contribution in [3.8, 4) is 0 Å². The molecule has 1 aliphatic heterocycles. The standard InChI is InChI=1S/C18H35NO12P2/c1-11(2)6-5-7-12(3)8-9-28-32(24,25)31-33(26,27)30-18-15(19-13(4)21)17(23)16(22)14(10-20)29-18/h6,12,14-18,20,22-23H,5,7-10H2,1-4H3,(H,19,21)(H,24,25)(H,26,27)/t12?,14-,15-,16-,17-,18-/m1/s1. The predicted octanol–water partition coefficient (Wildman–Crippen LogP) is 0.953. The van der Waals surface area contributed by atoms with E-state index in [1.807, 2.05) is 20.8 Å². The Morgan fingerprint density at radius 2 is 1.76 bits per heavy atom. The van der Waals surface area contributed by atoms with E-state index in [0.29, 0.717) is 6.42 Å². The molecule has 0 aromatic rings. The van der Waals surface area contributed by atoms with E-state index in [0.717, 1.165) is 19.8 Å². The maximum absolute atomic E-state index is 12.3. The first kappa shape index (κ1) is 30.3. The topological polar surface area (TPSA) is 201 Å². The van der Waals surface area contributed by atoms with Crippen LogP contribution in [0.3, 0.4) is 0 Å². The van der Waals surface area contributed by atoms with Gasteiger partial charge in [-0.2, -0.15) is 4.31 Å². The summed E-state index contributed by atoms with van der Waals surface area (Å²) >= 11 is 0. The van der Waals surface area contributed by atoms with Gasteiger partial charge in [0.25, 0.3) is 0 Å². The second kappa shape index (κ2) is 13.4. The zero-order chi connectivity index (χ0) is 25.4. The van der Waals surface area contributed by atoms with Crippen molar-refractivity contribution < 1.29 is 57.1 Å². The van der Waals surface area contributed by atoms with Crippen molar-refractivity contribution in [3.63, 3.8) is 0 Å². The molecule has 1 saturated heterocycles. The third kappa shape index (κ3) is 11.1. The Labute approximate surface area is 192 Å². The summed E-state index contributed by atoms with van der Waals surface area (Å²) in [5, 5.41) is 31.5. The SMILES string of the molecule is CC(=O)N[C@H]1[C@@H](OP(=O)(O)OP(=O)(O)OCCC(C)CCC=C(C)C)O[C@H](CO)[C@@H](O)[C@@H]1O. The summed E-state index contributed by atoms with van der Waals surface area (Å²) in [5.41, 5.74) is 1.18. The number of carbonyl (C=O) groups is 1. The molecule has 194 valence electrons. The molecular formula is C18H35NO12P2. The number of phosphoric acid groups is 2. The van der Waals surface area contributed by atoms with Crippen molar-refractivity contribution in [2.75, 3.05) is 13.2 Å². The highest BCUT2D eigenvalue weighted by molar-refractivity contribution is 7.61. The normalized spacial score (nSPS) is 30.0. The predicted molar refractivity (Wildman–Crippen MR) is 116 cm³/mol. The van der Waals surface area contributed by atoms with Crippen molar-refractivity contribution in [2.45, 2.75) is 77.6 Å². The minimum absolute atomic E-state index is 0.148. The average Bonchev–Trinajstić information content (AvgIpc) is 2.65. The highest BCUT2D eigenvalue weighted by Crippen LogP contribution is 2.61. The van der Waals surface area contributed by atoms with E-state index in [-0.39, 0.29) is 12.5 Å². The lowest BCUT2D eigenvalue weighted by atomic mass is 9.97. The van der Waals surface area contributed by atoms with Crippen LogP contribution in [0.2, 0.25) is 0 Å². The van der Waals surface area contributed by atoms with Crippen LogP contribution < -0.4 is 5.32 Å². The van der Waals surface area contributed by atoms with E-state index in [9.17, 15) is 39.0 Å².